The Balaban J connectivity index is 2.07. The first-order valence-electron chi connectivity index (χ1n) is 5.85. The van der Waals surface area contributed by atoms with Gasteiger partial charge in [0.15, 0.2) is 0 Å². The zero-order valence-corrected chi connectivity index (χ0v) is 13.3. The average molecular weight is 371 g/mol. The maximum absolute atomic E-state index is 11.9. The van der Waals surface area contributed by atoms with E-state index in [0.29, 0.717) is 15.2 Å². The molecule has 0 bridgehead atoms. The van der Waals surface area contributed by atoms with Crippen LogP contribution in [0.3, 0.4) is 0 Å². The van der Waals surface area contributed by atoms with Crippen LogP contribution in [0.15, 0.2) is 22.7 Å². The summed E-state index contributed by atoms with van der Waals surface area (Å²) in [5.41, 5.74) is 0.563. The Morgan fingerprint density at radius 2 is 2.14 bits per heavy atom. The lowest BCUT2D eigenvalue weighted by atomic mass is 10.2. The molecule has 1 aromatic heterocycles. The molecule has 0 spiro atoms. The van der Waals surface area contributed by atoms with E-state index < -0.39 is 11.9 Å². The fourth-order valence-electron chi connectivity index (χ4n) is 1.67. The number of aromatic nitrogens is 1. The van der Waals surface area contributed by atoms with Crippen molar-refractivity contribution in [2.45, 2.75) is 13.5 Å². The third-order valence-corrected chi connectivity index (χ3v) is 4.28. The van der Waals surface area contributed by atoms with E-state index in [1.165, 1.54) is 12.1 Å². The van der Waals surface area contributed by atoms with E-state index in [9.17, 15) is 14.7 Å². The molecule has 0 unspecified atom stereocenters. The van der Waals surface area contributed by atoms with Gasteiger partial charge in [-0.25, -0.2) is 9.78 Å². The summed E-state index contributed by atoms with van der Waals surface area (Å²) in [5.74, 6) is -1.62. The Bertz CT molecular complexity index is 714. The summed E-state index contributed by atoms with van der Waals surface area (Å²) in [7, 11) is 0. The molecule has 8 heteroatoms. The first kappa shape index (κ1) is 15.5. The molecule has 0 aliphatic carbocycles. The van der Waals surface area contributed by atoms with Crippen LogP contribution in [0.1, 0.15) is 30.7 Å². The number of halogens is 1. The minimum absolute atomic E-state index is 0.104. The van der Waals surface area contributed by atoms with Crippen molar-refractivity contribution in [3.63, 3.8) is 0 Å². The number of nitrogens with one attached hydrogen (secondary N) is 1. The topological polar surface area (TPSA) is 99.5 Å². The van der Waals surface area contributed by atoms with E-state index in [1.54, 1.807) is 13.0 Å². The smallest absolute Gasteiger partial charge is 0.347 e. The van der Waals surface area contributed by atoms with Crippen molar-refractivity contribution >= 4 is 39.1 Å². The highest BCUT2D eigenvalue weighted by Gasteiger charge is 2.15. The number of phenolic OH excluding ortho intramolecular Hbond substituents is 1. The fourth-order valence-corrected chi connectivity index (χ4v) is 2.87. The van der Waals surface area contributed by atoms with E-state index >= 15 is 0 Å². The van der Waals surface area contributed by atoms with Gasteiger partial charge in [0, 0.05) is 4.47 Å². The molecule has 0 fully saturated rings. The largest absolute Gasteiger partial charge is 0.507 e. The number of carboxylic acids is 1. The number of carbonyl (C=O) groups excluding carboxylic acids is 1. The van der Waals surface area contributed by atoms with Crippen LogP contribution in [0.5, 0.6) is 5.75 Å². The van der Waals surface area contributed by atoms with Crippen molar-refractivity contribution in [1.29, 1.82) is 0 Å². The first-order valence-corrected chi connectivity index (χ1v) is 7.45. The summed E-state index contributed by atoms with van der Waals surface area (Å²) >= 11 is 4.21. The molecule has 0 saturated heterocycles. The van der Waals surface area contributed by atoms with Crippen molar-refractivity contribution in [2.75, 3.05) is 0 Å². The highest BCUT2D eigenvalue weighted by atomic mass is 79.9. The Morgan fingerprint density at radius 3 is 2.71 bits per heavy atom. The minimum atomic E-state index is -1.03. The van der Waals surface area contributed by atoms with E-state index in [2.05, 4.69) is 26.2 Å². The Kier molecular flexibility index (Phi) is 4.59. The molecular weight excluding hydrogens is 360 g/mol. The molecule has 2 aromatic rings. The van der Waals surface area contributed by atoms with Crippen LogP contribution in [0.4, 0.5) is 0 Å². The second-order valence-corrected chi connectivity index (χ2v) is 6.17. The maximum atomic E-state index is 11.9. The number of carbonyl (C=O) groups is 2. The number of aromatic hydroxyl groups is 1. The molecule has 6 nitrogen and oxygen atoms in total. The molecule has 3 N–H and O–H groups in total. The number of phenols is 1. The second kappa shape index (κ2) is 6.23. The van der Waals surface area contributed by atoms with Gasteiger partial charge in [0.25, 0.3) is 5.91 Å². The van der Waals surface area contributed by atoms with Gasteiger partial charge in [-0.2, -0.15) is 0 Å². The van der Waals surface area contributed by atoms with Gasteiger partial charge in [0.05, 0.1) is 17.8 Å². The van der Waals surface area contributed by atoms with Gasteiger partial charge in [-0.3, -0.25) is 4.79 Å². The molecular formula is C13H11BrN2O4S. The minimum Gasteiger partial charge on any atom is -0.507 e. The van der Waals surface area contributed by atoms with Crippen LogP contribution >= 0.6 is 27.3 Å². The van der Waals surface area contributed by atoms with E-state index in [4.69, 9.17) is 5.11 Å². The summed E-state index contributed by atoms with van der Waals surface area (Å²) in [6.45, 7) is 1.71. The monoisotopic (exact) mass is 370 g/mol. The zero-order chi connectivity index (χ0) is 15.6. The number of rotatable bonds is 4. The lowest BCUT2D eigenvalue weighted by Gasteiger charge is -2.05. The number of amides is 1. The summed E-state index contributed by atoms with van der Waals surface area (Å²) in [4.78, 5) is 27.1. The molecule has 0 saturated carbocycles. The van der Waals surface area contributed by atoms with Crippen LogP contribution in [0.25, 0.3) is 0 Å². The van der Waals surface area contributed by atoms with E-state index in [1.807, 2.05) is 0 Å². The fraction of sp³-hybridized carbons (Fsp3) is 0.154. The predicted octanol–water partition coefficient (Wildman–Crippen LogP) is 2.55. The molecule has 0 radical (unpaired) electrons. The van der Waals surface area contributed by atoms with Gasteiger partial charge in [-0.15, -0.1) is 11.3 Å². The average Bonchev–Trinajstić information content (AvgIpc) is 2.77. The van der Waals surface area contributed by atoms with E-state index in [-0.39, 0.29) is 22.7 Å². The van der Waals surface area contributed by atoms with Gasteiger partial charge in [-0.05, 0) is 25.1 Å². The van der Waals surface area contributed by atoms with Gasteiger partial charge in [-0.1, -0.05) is 15.9 Å². The number of hydrogen-bond acceptors (Lipinski definition) is 5. The Morgan fingerprint density at radius 1 is 1.43 bits per heavy atom. The molecule has 0 aliphatic heterocycles. The highest BCUT2D eigenvalue weighted by molar-refractivity contribution is 9.10. The third-order valence-electron chi connectivity index (χ3n) is 2.64. The normalized spacial score (nSPS) is 10.4. The third kappa shape index (κ3) is 3.59. The summed E-state index contributed by atoms with van der Waals surface area (Å²) in [5, 5.41) is 21.7. The zero-order valence-electron chi connectivity index (χ0n) is 10.9. The standard InChI is InChI=1S/C13H11BrN2O4S/c1-6-11(13(19)20)21-10(16-6)5-15-12(18)8-3-2-7(14)4-9(8)17/h2-4,17H,5H2,1H3,(H,15,18)(H,19,20). The molecule has 2 rings (SSSR count). The molecule has 21 heavy (non-hydrogen) atoms. The Hall–Kier alpha value is -1.93. The summed E-state index contributed by atoms with van der Waals surface area (Å²) < 4.78 is 0.665. The van der Waals surface area contributed by atoms with Crippen LogP contribution in [0.2, 0.25) is 0 Å². The number of thiazole rings is 1. The van der Waals surface area contributed by atoms with Crippen molar-refractivity contribution in [3.05, 3.63) is 43.8 Å². The van der Waals surface area contributed by atoms with Crippen molar-refractivity contribution < 1.29 is 19.8 Å². The SMILES string of the molecule is Cc1nc(CNC(=O)c2ccc(Br)cc2O)sc1C(=O)O. The van der Waals surface area contributed by atoms with Gasteiger partial charge < -0.3 is 15.5 Å². The molecule has 110 valence electrons. The number of nitrogens with zero attached hydrogens (tertiary/aromatic N) is 1. The number of aryl methyl sites for hydroxylation is 1. The maximum Gasteiger partial charge on any atom is 0.347 e. The quantitative estimate of drug-likeness (QED) is 0.767. The van der Waals surface area contributed by atoms with Crippen LogP contribution in [-0.2, 0) is 6.54 Å². The van der Waals surface area contributed by atoms with Gasteiger partial charge >= 0.3 is 5.97 Å². The van der Waals surface area contributed by atoms with Crippen LogP contribution in [0, 0.1) is 6.92 Å². The predicted molar refractivity (Wildman–Crippen MR) is 80.8 cm³/mol. The van der Waals surface area contributed by atoms with E-state index in [0.717, 1.165) is 11.3 Å². The molecule has 0 atom stereocenters. The lowest BCUT2D eigenvalue weighted by Crippen LogP contribution is -2.22. The van der Waals surface area contributed by atoms with Gasteiger partial charge in [0.1, 0.15) is 15.6 Å². The van der Waals surface area contributed by atoms with Crippen LogP contribution < -0.4 is 5.32 Å². The number of carboxylic acid groups (broad SMARTS) is 1. The van der Waals surface area contributed by atoms with Crippen LogP contribution in [-0.4, -0.2) is 27.1 Å². The lowest BCUT2D eigenvalue weighted by molar-refractivity contribution is 0.0701. The van der Waals surface area contributed by atoms with Crippen molar-refractivity contribution in [3.8, 4) is 5.75 Å². The molecule has 1 aromatic carbocycles. The Labute approximate surface area is 132 Å². The van der Waals surface area contributed by atoms with Gasteiger partial charge in [0.2, 0.25) is 0 Å². The summed E-state index contributed by atoms with van der Waals surface area (Å²) in [6, 6.07) is 4.56. The highest BCUT2D eigenvalue weighted by Crippen LogP contribution is 2.22. The number of aromatic carboxylic acids is 1. The number of hydrogen-bond donors (Lipinski definition) is 3. The number of benzene rings is 1. The first-order chi connectivity index (χ1) is 9.88. The van der Waals surface area contributed by atoms with Crippen molar-refractivity contribution in [1.82, 2.24) is 10.3 Å². The molecule has 0 aliphatic rings. The second-order valence-electron chi connectivity index (χ2n) is 4.17. The molecule has 1 heterocycles. The summed E-state index contributed by atoms with van der Waals surface area (Å²) in [6.07, 6.45) is 0. The molecule has 1 amide bonds. The van der Waals surface area contributed by atoms with Crippen molar-refractivity contribution in [2.24, 2.45) is 0 Å².